The Morgan fingerprint density at radius 2 is 1.72 bits per heavy atom. The highest BCUT2D eigenvalue weighted by atomic mass is 19.1. The van der Waals surface area contributed by atoms with E-state index in [4.69, 9.17) is 19.3 Å². The number of carbonyl (C=O) groups is 1. The number of carbonyl (C=O) groups excluding carboxylic acids is 1. The summed E-state index contributed by atoms with van der Waals surface area (Å²) < 4.78 is 48.5. The highest BCUT2D eigenvalue weighted by Gasteiger charge is 2.38. The third-order valence-corrected chi connectivity index (χ3v) is 7.83. The summed E-state index contributed by atoms with van der Waals surface area (Å²) in [6, 6.07) is 13.5. The fourth-order valence-corrected chi connectivity index (χ4v) is 5.53. The van der Waals surface area contributed by atoms with Crippen molar-refractivity contribution in [2.45, 2.75) is 58.7 Å². The molecule has 8 nitrogen and oxygen atoms in total. The van der Waals surface area contributed by atoms with Crippen LogP contribution in [0.1, 0.15) is 55.2 Å². The molecular formula is C33H34F2N4O4. The molecule has 0 saturated carbocycles. The van der Waals surface area contributed by atoms with Gasteiger partial charge in [-0.3, -0.25) is 14.5 Å². The van der Waals surface area contributed by atoms with Crippen molar-refractivity contribution in [3.05, 3.63) is 89.4 Å². The molecule has 2 aromatic carbocycles. The predicted octanol–water partition coefficient (Wildman–Crippen LogP) is 6.20. The normalized spacial score (nSPS) is 17.9. The van der Waals surface area contributed by atoms with Crippen LogP contribution in [0.5, 0.6) is 5.75 Å². The van der Waals surface area contributed by atoms with E-state index < -0.39 is 17.4 Å². The number of amides is 1. The van der Waals surface area contributed by atoms with E-state index in [1.165, 1.54) is 12.1 Å². The van der Waals surface area contributed by atoms with E-state index in [-0.39, 0.29) is 30.1 Å². The average molecular weight is 589 g/mol. The molecule has 2 aromatic heterocycles. The molecule has 0 bridgehead atoms. The van der Waals surface area contributed by atoms with Crippen molar-refractivity contribution in [2.24, 2.45) is 0 Å². The summed E-state index contributed by atoms with van der Waals surface area (Å²) >= 11 is 0. The van der Waals surface area contributed by atoms with Crippen LogP contribution in [0, 0.1) is 11.6 Å². The van der Waals surface area contributed by atoms with Crippen LogP contribution >= 0.6 is 0 Å². The van der Waals surface area contributed by atoms with Crippen LogP contribution in [-0.4, -0.2) is 57.2 Å². The zero-order valence-electron chi connectivity index (χ0n) is 24.6. The Kier molecular flexibility index (Phi) is 7.74. The highest BCUT2D eigenvalue weighted by Crippen LogP contribution is 2.37. The monoisotopic (exact) mass is 588 g/mol. The molecule has 4 heterocycles. The standard InChI is InChI=1S/C33H34F2N4O4/c1-20(2)23-15-27(34)26(28(35)16-23)19-41-24-7-5-21(6-8-24)29-30(22-9-11-36-12-10-22)37-39-14-13-38(32(40)31(29)39)17-25-18-42-33(3,4)43-25/h5-12,15-16,20,25H,13-14,17-19H2,1-4H3. The van der Waals surface area contributed by atoms with Crippen LogP contribution < -0.4 is 4.74 Å². The van der Waals surface area contributed by atoms with Crippen LogP contribution in [0.4, 0.5) is 8.78 Å². The minimum atomic E-state index is -0.677. The quantitative estimate of drug-likeness (QED) is 0.244. The number of nitrogens with zero attached hydrogens (tertiary/aromatic N) is 4. The van der Waals surface area contributed by atoms with E-state index in [0.29, 0.717) is 54.5 Å². The maximum Gasteiger partial charge on any atom is 0.272 e. The Bertz CT molecular complexity index is 1610. The van der Waals surface area contributed by atoms with Gasteiger partial charge in [-0.25, -0.2) is 8.78 Å². The van der Waals surface area contributed by atoms with Gasteiger partial charge in [0.25, 0.3) is 5.91 Å². The molecule has 2 aliphatic rings. The van der Waals surface area contributed by atoms with Crippen LogP contribution in [0.15, 0.2) is 60.9 Å². The fraction of sp³-hybridized carbons (Fsp3) is 0.364. The average Bonchev–Trinajstić information content (AvgIpc) is 3.54. The summed E-state index contributed by atoms with van der Waals surface area (Å²) in [5, 5.41) is 4.85. The van der Waals surface area contributed by atoms with Gasteiger partial charge in [-0.05, 0) is 67.3 Å². The number of rotatable bonds is 8. The minimum Gasteiger partial charge on any atom is -0.489 e. The molecule has 1 atom stereocenters. The molecule has 6 rings (SSSR count). The van der Waals surface area contributed by atoms with Gasteiger partial charge in [0.15, 0.2) is 5.79 Å². The van der Waals surface area contributed by atoms with E-state index in [9.17, 15) is 13.6 Å². The van der Waals surface area contributed by atoms with Gasteiger partial charge in [0.1, 0.15) is 41.5 Å². The highest BCUT2D eigenvalue weighted by molar-refractivity contribution is 6.03. The van der Waals surface area contributed by atoms with Crippen molar-refractivity contribution in [1.29, 1.82) is 0 Å². The fourth-order valence-electron chi connectivity index (χ4n) is 5.53. The molecule has 1 amide bonds. The van der Waals surface area contributed by atoms with Crippen LogP contribution in [0.25, 0.3) is 22.4 Å². The summed E-state index contributed by atoms with van der Waals surface area (Å²) in [6.07, 6.45) is 3.16. The molecule has 224 valence electrons. The molecule has 4 aromatic rings. The lowest BCUT2D eigenvalue weighted by molar-refractivity contribution is -0.139. The second-order valence-corrected chi connectivity index (χ2v) is 11.7. The van der Waals surface area contributed by atoms with Crippen molar-refractivity contribution in [3.8, 4) is 28.1 Å². The first kappa shape index (κ1) is 28.9. The molecule has 10 heteroatoms. The summed E-state index contributed by atoms with van der Waals surface area (Å²) in [5.41, 5.74) is 3.91. The zero-order chi connectivity index (χ0) is 30.3. The van der Waals surface area contributed by atoms with Crippen LogP contribution in [0.2, 0.25) is 0 Å². The summed E-state index contributed by atoms with van der Waals surface area (Å²) in [4.78, 5) is 19.8. The number of aromatic nitrogens is 3. The molecule has 1 unspecified atom stereocenters. The second-order valence-electron chi connectivity index (χ2n) is 11.7. The lowest BCUT2D eigenvalue weighted by Crippen LogP contribution is -2.45. The van der Waals surface area contributed by atoms with Gasteiger partial charge in [0.2, 0.25) is 0 Å². The van der Waals surface area contributed by atoms with E-state index in [1.807, 2.05) is 52.0 Å². The van der Waals surface area contributed by atoms with Gasteiger partial charge in [0, 0.05) is 36.6 Å². The van der Waals surface area contributed by atoms with Crippen molar-refractivity contribution in [2.75, 3.05) is 19.7 Å². The van der Waals surface area contributed by atoms with Gasteiger partial charge >= 0.3 is 0 Å². The Labute approximate surface area is 249 Å². The first-order valence-electron chi connectivity index (χ1n) is 14.4. The van der Waals surface area contributed by atoms with Gasteiger partial charge in [-0.2, -0.15) is 5.10 Å². The second kappa shape index (κ2) is 11.5. The van der Waals surface area contributed by atoms with Crippen molar-refractivity contribution >= 4 is 5.91 Å². The predicted molar refractivity (Wildman–Crippen MR) is 156 cm³/mol. The SMILES string of the molecule is CC(C)c1cc(F)c(COc2ccc(-c3c(-c4ccncc4)nn4c3C(=O)N(CC3COC(C)(C)O3)CC4)cc2)c(F)c1. The van der Waals surface area contributed by atoms with Gasteiger partial charge in [0.05, 0.1) is 18.7 Å². The van der Waals surface area contributed by atoms with Gasteiger partial charge in [-0.1, -0.05) is 26.0 Å². The van der Waals surface area contributed by atoms with Crippen LogP contribution in [0.3, 0.4) is 0 Å². The van der Waals surface area contributed by atoms with Gasteiger partial charge in [-0.15, -0.1) is 0 Å². The minimum absolute atomic E-state index is 0.00862. The van der Waals surface area contributed by atoms with E-state index in [0.717, 1.165) is 11.1 Å². The topological polar surface area (TPSA) is 78.7 Å². The molecule has 43 heavy (non-hydrogen) atoms. The van der Waals surface area contributed by atoms with E-state index in [2.05, 4.69) is 4.98 Å². The molecule has 0 spiro atoms. The van der Waals surface area contributed by atoms with Crippen molar-refractivity contribution < 1.29 is 27.8 Å². The maximum absolute atomic E-state index is 14.6. The summed E-state index contributed by atoms with van der Waals surface area (Å²) in [5.74, 6) is -1.63. The van der Waals surface area contributed by atoms with Crippen molar-refractivity contribution in [3.63, 3.8) is 0 Å². The molecule has 0 radical (unpaired) electrons. The first-order valence-corrected chi connectivity index (χ1v) is 14.4. The Balaban J connectivity index is 1.28. The first-order chi connectivity index (χ1) is 20.6. The molecule has 0 aliphatic carbocycles. The number of hydrogen-bond acceptors (Lipinski definition) is 6. The number of pyridine rings is 1. The summed E-state index contributed by atoms with van der Waals surface area (Å²) in [6.45, 7) is 9.11. The number of benzene rings is 2. The van der Waals surface area contributed by atoms with Crippen LogP contribution in [-0.2, 0) is 22.6 Å². The largest absolute Gasteiger partial charge is 0.489 e. The lowest BCUT2D eigenvalue weighted by Gasteiger charge is -2.30. The van der Waals surface area contributed by atoms with Crippen molar-refractivity contribution in [1.82, 2.24) is 19.7 Å². The Morgan fingerprint density at radius 3 is 2.35 bits per heavy atom. The smallest absolute Gasteiger partial charge is 0.272 e. The van der Waals surface area contributed by atoms with E-state index in [1.54, 1.807) is 34.1 Å². The Morgan fingerprint density at radius 1 is 1.02 bits per heavy atom. The molecule has 1 saturated heterocycles. The number of halogens is 2. The summed E-state index contributed by atoms with van der Waals surface area (Å²) in [7, 11) is 0. The molecular weight excluding hydrogens is 554 g/mol. The third kappa shape index (κ3) is 5.89. The number of fused-ring (bicyclic) bond motifs is 1. The number of ether oxygens (including phenoxy) is 3. The third-order valence-electron chi connectivity index (χ3n) is 7.83. The molecule has 0 N–H and O–H groups in total. The zero-order valence-corrected chi connectivity index (χ0v) is 24.6. The maximum atomic E-state index is 14.6. The van der Waals surface area contributed by atoms with Gasteiger partial charge < -0.3 is 19.1 Å². The lowest BCUT2D eigenvalue weighted by atomic mass is 9.98. The molecule has 2 aliphatic heterocycles. The Hall–Kier alpha value is -4.15. The number of hydrogen-bond donors (Lipinski definition) is 0. The van der Waals surface area contributed by atoms with E-state index >= 15 is 0 Å². The molecule has 1 fully saturated rings.